The van der Waals surface area contributed by atoms with Gasteiger partial charge in [0.15, 0.2) is 0 Å². The van der Waals surface area contributed by atoms with E-state index >= 15 is 0 Å². The van der Waals surface area contributed by atoms with Crippen molar-refractivity contribution >= 4 is 12.0 Å². The molecule has 2 unspecified atom stereocenters. The summed E-state index contributed by atoms with van der Waals surface area (Å²) in [6.07, 6.45) is 1.78. The fourth-order valence-corrected chi connectivity index (χ4v) is 2.97. The Bertz CT molecular complexity index is 408. The number of carboxylic acids is 1. The maximum atomic E-state index is 12.2. The van der Waals surface area contributed by atoms with Crippen molar-refractivity contribution < 1.29 is 24.2 Å². The Morgan fingerprint density at radius 1 is 1.43 bits per heavy atom. The topological polar surface area (TPSA) is 88.1 Å². The lowest BCUT2D eigenvalue weighted by molar-refractivity contribution is -0.148. The van der Waals surface area contributed by atoms with Gasteiger partial charge in [0.05, 0.1) is 18.6 Å². The zero-order valence-electron chi connectivity index (χ0n) is 12.7. The van der Waals surface area contributed by atoms with Gasteiger partial charge in [0.25, 0.3) is 0 Å². The van der Waals surface area contributed by atoms with E-state index in [1.165, 1.54) is 0 Å². The SMILES string of the molecule is CCC1(C(=O)O)CCN(C(=O)NCC2(OC)CCOC2)C1. The van der Waals surface area contributed by atoms with E-state index in [0.717, 1.165) is 6.42 Å². The second kappa shape index (κ2) is 6.19. The summed E-state index contributed by atoms with van der Waals surface area (Å²) >= 11 is 0. The van der Waals surface area contributed by atoms with Crippen LogP contribution in [0.1, 0.15) is 26.2 Å². The molecule has 2 heterocycles. The molecule has 2 saturated heterocycles. The molecule has 0 aliphatic carbocycles. The fraction of sp³-hybridized carbons (Fsp3) is 0.857. The number of nitrogens with zero attached hydrogens (tertiary/aromatic N) is 1. The average molecular weight is 300 g/mol. The van der Waals surface area contributed by atoms with Crippen molar-refractivity contribution in [3.05, 3.63) is 0 Å². The monoisotopic (exact) mass is 300 g/mol. The Hall–Kier alpha value is -1.34. The van der Waals surface area contributed by atoms with Crippen LogP contribution >= 0.6 is 0 Å². The van der Waals surface area contributed by atoms with Crippen LogP contribution in [0.2, 0.25) is 0 Å². The molecule has 2 amide bonds. The highest BCUT2D eigenvalue weighted by atomic mass is 16.5. The maximum absolute atomic E-state index is 12.2. The lowest BCUT2D eigenvalue weighted by Gasteiger charge is -2.28. The number of carbonyl (C=O) groups is 2. The van der Waals surface area contributed by atoms with Crippen molar-refractivity contribution in [2.75, 3.05) is 40.0 Å². The molecular weight excluding hydrogens is 276 g/mol. The number of hydrogen-bond donors (Lipinski definition) is 2. The van der Waals surface area contributed by atoms with Crippen LogP contribution in [-0.4, -0.2) is 67.6 Å². The van der Waals surface area contributed by atoms with Crippen LogP contribution in [0.5, 0.6) is 0 Å². The minimum atomic E-state index is -0.821. The van der Waals surface area contributed by atoms with Gasteiger partial charge in [0.2, 0.25) is 0 Å². The molecule has 2 N–H and O–H groups in total. The predicted molar refractivity (Wildman–Crippen MR) is 75.1 cm³/mol. The summed E-state index contributed by atoms with van der Waals surface area (Å²) in [6, 6.07) is -0.227. The smallest absolute Gasteiger partial charge is 0.317 e. The molecule has 21 heavy (non-hydrogen) atoms. The number of aliphatic carboxylic acids is 1. The Morgan fingerprint density at radius 2 is 2.19 bits per heavy atom. The molecule has 2 aliphatic rings. The highest BCUT2D eigenvalue weighted by Crippen LogP contribution is 2.34. The summed E-state index contributed by atoms with van der Waals surface area (Å²) in [4.78, 5) is 25.2. The van der Waals surface area contributed by atoms with Gasteiger partial charge in [-0.05, 0) is 12.8 Å². The molecular formula is C14H24N2O5. The van der Waals surface area contributed by atoms with E-state index in [1.807, 2.05) is 6.92 Å². The molecule has 0 saturated carbocycles. The predicted octanol–water partition coefficient (Wildman–Crippen LogP) is 0.688. The molecule has 0 aromatic heterocycles. The largest absolute Gasteiger partial charge is 0.481 e. The summed E-state index contributed by atoms with van der Waals surface area (Å²) in [5, 5.41) is 12.2. The molecule has 0 aromatic rings. The number of hydrogen-bond acceptors (Lipinski definition) is 4. The first kappa shape index (κ1) is 16.0. The highest BCUT2D eigenvalue weighted by Gasteiger charge is 2.45. The Balaban J connectivity index is 1.89. The summed E-state index contributed by atoms with van der Waals surface area (Å²) in [5.41, 5.74) is -1.25. The number of likely N-dealkylation sites (tertiary alicyclic amines) is 1. The van der Waals surface area contributed by atoms with Gasteiger partial charge in [-0.3, -0.25) is 4.79 Å². The van der Waals surface area contributed by atoms with Crippen LogP contribution in [0.15, 0.2) is 0 Å². The van der Waals surface area contributed by atoms with E-state index in [2.05, 4.69) is 5.32 Å². The van der Waals surface area contributed by atoms with Crippen molar-refractivity contribution in [1.82, 2.24) is 10.2 Å². The lowest BCUT2D eigenvalue weighted by atomic mass is 9.84. The zero-order chi connectivity index (χ0) is 15.5. The summed E-state index contributed by atoms with van der Waals surface area (Å²) in [5.74, 6) is -0.821. The molecule has 2 fully saturated rings. The molecule has 2 rings (SSSR count). The van der Waals surface area contributed by atoms with Gasteiger partial charge in [-0.25, -0.2) is 4.79 Å². The molecule has 0 spiro atoms. The number of rotatable bonds is 5. The van der Waals surface area contributed by atoms with E-state index in [-0.39, 0.29) is 12.6 Å². The van der Waals surface area contributed by atoms with Crippen LogP contribution in [0.3, 0.4) is 0 Å². The third-order valence-corrected chi connectivity index (χ3v) is 4.83. The third-order valence-electron chi connectivity index (χ3n) is 4.83. The lowest BCUT2D eigenvalue weighted by Crippen LogP contribution is -2.49. The number of carbonyl (C=O) groups excluding carboxylic acids is 1. The molecule has 0 aromatic carbocycles. The standard InChI is InChI=1S/C14H24N2O5/c1-3-13(11(17)18)4-6-16(9-13)12(19)15-8-14(20-2)5-7-21-10-14/h3-10H2,1-2H3,(H,15,19)(H,17,18). The molecule has 7 nitrogen and oxygen atoms in total. The van der Waals surface area contributed by atoms with Gasteiger partial charge >= 0.3 is 12.0 Å². The van der Waals surface area contributed by atoms with Gasteiger partial charge in [-0.1, -0.05) is 6.92 Å². The van der Waals surface area contributed by atoms with Gasteiger partial charge < -0.3 is 24.8 Å². The van der Waals surface area contributed by atoms with E-state index in [9.17, 15) is 14.7 Å². The molecule has 2 atom stereocenters. The van der Waals surface area contributed by atoms with Gasteiger partial charge in [0.1, 0.15) is 5.60 Å². The van der Waals surface area contributed by atoms with E-state index in [4.69, 9.17) is 9.47 Å². The molecule has 0 radical (unpaired) electrons. The number of amides is 2. The minimum absolute atomic E-state index is 0.227. The number of ether oxygens (including phenoxy) is 2. The quantitative estimate of drug-likeness (QED) is 0.780. The van der Waals surface area contributed by atoms with Gasteiger partial charge in [0, 0.05) is 33.2 Å². The Labute approximate surface area is 124 Å². The number of urea groups is 1. The molecule has 7 heteroatoms. The Kier molecular flexibility index (Phi) is 4.73. The van der Waals surface area contributed by atoms with E-state index in [1.54, 1.807) is 12.0 Å². The first-order valence-corrected chi connectivity index (χ1v) is 7.36. The fourth-order valence-electron chi connectivity index (χ4n) is 2.97. The summed E-state index contributed by atoms with van der Waals surface area (Å²) < 4.78 is 10.8. The molecule has 120 valence electrons. The second-order valence-electron chi connectivity index (χ2n) is 5.96. The number of nitrogens with one attached hydrogen (secondary N) is 1. The van der Waals surface area contributed by atoms with Crippen LogP contribution in [-0.2, 0) is 14.3 Å². The van der Waals surface area contributed by atoms with Crippen molar-refractivity contribution in [2.24, 2.45) is 5.41 Å². The van der Waals surface area contributed by atoms with Crippen LogP contribution < -0.4 is 5.32 Å². The van der Waals surface area contributed by atoms with Crippen molar-refractivity contribution in [3.8, 4) is 0 Å². The van der Waals surface area contributed by atoms with E-state index in [0.29, 0.717) is 39.1 Å². The third kappa shape index (κ3) is 3.13. The summed E-state index contributed by atoms with van der Waals surface area (Å²) in [6.45, 7) is 4.07. The van der Waals surface area contributed by atoms with Gasteiger partial charge in [-0.15, -0.1) is 0 Å². The van der Waals surface area contributed by atoms with Crippen LogP contribution in [0.4, 0.5) is 4.79 Å². The normalized spacial score (nSPS) is 32.4. The number of methoxy groups -OCH3 is 1. The second-order valence-corrected chi connectivity index (χ2v) is 5.96. The van der Waals surface area contributed by atoms with Crippen LogP contribution in [0, 0.1) is 5.41 Å². The first-order valence-electron chi connectivity index (χ1n) is 7.36. The average Bonchev–Trinajstić information content (AvgIpc) is 3.13. The number of carboxylic acid groups (broad SMARTS) is 1. The molecule has 2 aliphatic heterocycles. The zero-order valence-corrected chi connectivity index (χ0v) is 12.7. The van der Waals surface area contributed by atoms with E-state index < -0.39 is 17.0 Å². The van der Waals surface area contributed by atoms with Crippen LogP contribution in [0.25, 0.3) is 0 Å². The first-order chi connectivity index (χ1) is 9.97. The minimum Gasteiger partial charge on any atom is -0.481 e. The van der Waals surface area contributed by atoms with Crippen molar-refractivity contribution in [3.63, 3.8) is 0 Å². The Morgan fingerprint density at radius 3 is 2.67 bits per heavy atom. The van der Waals surface area contributed by atoms with Gasteiger partial charge in [-0.2, -0.15) is 0 Å². The molecule has 0 bridgehead atoms. The van der Waals surface area contributed by atoms with Crippen molar-refractivity contribution in [1.29, 1.82) is 0 Å². The highest BCUT2D eigenvalue weighted by molar-refractivity contribution is 5.79. The maximum Gasteiger partial charge on any atom is 0.317 e. The van der Waals surface area contributed by atoms with Crippen molar-refractivity contribution in [2.45, 2.75) is 31.8 Å². The summed E-state index contributed by atoms with van der Waals surface area (Å²) in [7, 11) is 1.61.